The van der Waals surface area contributed by atoms with Crippen LogP contribution in [0.3, 0.4) is 0 Å². The molecule has 0 bridgehead atoms. The zero-order valence-corrected chi connectivity index (χ0v) is 14.1. The summed E-state index contributed by atoms with van der Waals surface area (Å²) in [5.74, 6) is 0.274. The van der Waals surface area contributed by atoms with Gasteiger partial charge in [-0.3, -0.25) is 4.79 Å². The van der Waals surface area contributed by atoms with Crippen molar-refractivity contribution in [2.24, 2.45) is 0 Å². The number of ketones is 1. The lowest BCUT2D eigenvalue weighted by Crippen LogP contribution is -2.02. The number of ether oxygens (including phenoxy) is 1. The molecule has 2 heterocycles. The van der Waals surface area contributed by atoms with Crippen LogP contribution in [0.1, 0.15) is 15.9 Å². The van der Waals surface area contributed by atoms with Gasteiger partial charge in [0.2, 0.25) is 5.88 Å². The van der Waals surface area contributed by atoms with Crippen LogP contribution in [0.15, 0.2) is 67.0 Å². The number of H-pyrrole nitrogens is 1. The molecule has 2 aromatic heterocycles. The van der Waals surface area contributed by atoms with E-state index < -0.39 is 0 Å². The largest absolute Gasteiger partial charge is 0.508 e. The molecule has 2 aromatic carbocycles. The Balaban J connectivity index is 1.79. The quantitative estimate of drug-likeness (QED) is 0.545. The average molecular weight is 344 g/mol. The van der Waals surface area contributed by atoms with E-state index in [1.165, 1.54) is 19.4 Å². The minimum atomic E-state index is -0.210. The van der Waals surface area contributed by atoms with E-state index in [0.29, 0.717) is 17.0 Å². The monoisotopic (exact) mass is 344 g/mol. The summed E-state index contributed by atoms with van der Waals surface area (Å²) in [5.41, 5.74) is 3.56. The van der Waals surface area contributed by atoms with Crippen molar-refractivity contribution in [3.05, 3.63) is 78.1 Å². The van der Waals surface area contributed by atoms with E-state index in [9.17, 15) is 9.90 Å². The molecule has 0 saturated carbocycles. The van der Waals surface area contributed by atoms with Crippen molar-refractivity contribution in [1.29, 1.82) is 0 Å². The van der Waals surface area contributed by atoms with Crippen LogP contribution in [0.2, 0.25) is 0 Å². The van der Waals surface area contributed by atoms with Crippen LogP contribution in [0.4, 0.5) is 0 Å². The summed E-state index contributed by atoms with van der Waals surface area (Å²) in [7, 11) is 1.52. The maximum atomic E-state index is 12.8. The fourth-order valence-corrected chi connectivity index (χ4v) is 3.04. The van der Waals surface area contributed by atoms with E-state index in [1.807, 2.05) is 30.5 Å². The first-order valence-corrected chi connectivity index (χ1v) is 8.11. The molecular weight excluding hydrogens is 328 g/mol. The fourth-order valence-electron chi connectivity index (χ4n) is 3.04. The molecular formula is C21H16N2O3. The van der Waals surface area contributed by atoms with E-state index in [4.69, 9.17) is 4.74 Å². The van der Waals surface area contributed by atoms with Gasteiger partial charge in [0, 0.05) is 40.5 Å². The zero-order valence-electron chi connectivity index (χ0n) is 14.1. The Morgan fingerprint density at radius 3 is 2.73 bits per heavy atom. The molecule has 0 radical (unpaired) electrons. The summed E-state index contributed by atoms with van der Waals surface area (Å²) in [6, 6.07) is 16.1. The highest BCUT2D eigenvalue weighted by molar-refractivity contribution is 6.10. The first kappa shape index (κ1) is 15.9. The van der Waals surface area contributed by atoms with Crippen molar-refractivity contribution >= 4 is 16.7 Å². The van der Waals surface area contributed by atoms with Crippen LogP contribution in [0.25, 0.3) is 22.0 Å². The number of nitrogens with zero attached hydrogens (tertiary/aromatic N) is 1. The smallest absolute Gasteiger partial charge is 0.212 e. The summed E-state index contributed by atoms with van der Waals surface area (Å²) in [5, 5.41) is 11.2. The van der Waals surface area contributed by atoms with Crippen LogP contribution in [-0.4, -0.2) is 28.0 Å². The van der Waals surface area contributed by atoms with Gasteiger partial charge in [-0.2, -0.15) is 0 Å². The van der Waals surface area contributed by atoms with E-state index in [2.05, 4.69) is 9.97 Å². The molecule has 0 unspecified atom stereocenters. The van der Waals surface area contributed by atoms with Crippen molar-refractivity contribution in [3.8, 4) is 22.8 Å². The van der Waals surface area contributed by atoms with E-state index in [0.717, 1.165) is 22.0 Å². The fraction of sp³-hybridized carbons (Fsp3) is 0.0476. The Morgan fingerprint density at radius 2 is 1.96 bits per heavy atom. The van der Waals surface area contributed by atoms with Crippen LogP contribution in [0.5, 0.6) is 11.6 Å². The van der Waals surface area contributed by atoms with Gasteiger partial charge in [0.25, 0.3) is 0 Å². The summed E-state index contributed by atoms with van der Waals surface area (Å²) in [4.78, 5) is 20.0. The number of methoxy groups -OCH3 is 1. The molecule has 0 atom stereocenters. The molecule has 5 heteroatoms. The molecule has 0 aliphatic carbocycles. The van der Waals surface area contributed by atoms with Crippen molar-refractivity contribution in [3.63, 3.8) is 0 Å². The number of aromatic hydroxyl groups is 1. The number of phenols is 1. The highest BCUT2D eigenvalue weighted by Crippen LogP contribution is 2.32. The summed E-state index contributed by atoms with van der Waals surface area (Å²) in [6.07, 6.45) is 3.34. The predicted octanol–water partition coefficient (Wildman–Crippen LogP) is 4.18. The van der Waals surface area contributed by atoms with Gasteiger partial charge in [-0.1, -0.05) is 12.1 Å². The lowest BCUT2D eigenvalue weighted by atomic mass is 9.96. The van der Waals surface area contributed by atoms with Gasteiger partial charge in [-0.15, -0.1) is 0 Å². The van der Waals surface area contributed by atoms with Crippen LogP contribution >= 0.6 is 0 Å². The van der Waals surface area contributed by atoms with Gasteiger partial charge in [0.05, 0.1) is 7.11 Å². The number of carbonyl (C=O) groups is 1. The Morgan fingerprint density at radius 1 is 1.08 bits per heavy atom. The number of nitrogens with one attached hydrogen (secondary N) is 1. The molecule has 0 amide bonds. The van der Waals surface area contributed by atoms with Gasteiger partial charge in [0.1, 0.15) is 5.75 Å². The summed E-state index contributed by atoms with van der Waals surface area (Å²) < 4.78 is 5.02. The van der Waals surface area contributed by atoms with E-state index in [1.54, 1.807) is 24.3 Å². The van der Waals surface area contributed by atoms with Gasteiger partial charge < -0.3 is 14.8 Å². The number of carbonyl (C=O) groups excluding carboxylic acids is 1. The standard InChI is InChI=1S/C21H16N2O3/c1-26-20-6-5-13(12-23-20)21(25)15-9-14(10-16(24)11-15)17-3-2-4-19-18(17)7-8-22-19/h2-12,22,24H,1H3. The molecule has 0 saturated heterocycles. The first-order valence-electron chi connectivity index (χ1n) is 8.11. The number of fused-ring (bicyclic) bond motifs is 1. The van der Waals surface area contributed by atoms with Crippen molar-refractivity contribution in [1.82, 2.24) is 9.97 Å². The van der Waals surface area contributed by atoms with E-state index in [-0.39, 0.29) is 11.5 Å². The topological polar surface area (TPSA) is 75.2 Å². The maximum Gasteiger partial charge on any atom is 0.212 e. The highest BCUT2D eigenvalue weighted by Gasteiger charge is 2.14. The van der Waals surface area contributed by atoms with Gasteiger partial charge in [-0.05, 0) is 47.5 Å². The van der Waals surface area contributed by atoms with Crippen LogP contribution in [0, 0.1) is 0 Å². The summed E-state index contributed by atoms with van der Waals surface area (Å²) >= 11 is 0. The van der Waals surface area contributed by atoms with Gasteiger partial charge in [0.15, 0.2) is 5.78 Å². The molecule has 128 valence electrons. The molecule has 4 rings (SSSR count). The molecule has 0 fully saturated rings. The van der Waals surface area contributed by atoms with Crippen LogP contribution < -0.4 is 4.74 Å². The highest BCUT2D eigenvalue weighted by atomic mass is 16.5. The number of hydrogen-bond donors (Lipinski definition) is 2. The lowest BCUT2D eigenvalue weighted by Gasteiger charge is -2.08. The molecule has 5 nitrogen and oxygen atoms in total. The zero-order chi connectivity index (χ0) is 18.1. The van der Waals surface area contributed by atoms with Crippen molar-refractivity contribution in [2.75, 3.05) is 7.11 Å². The Bertz CT molecular complexity index is 1100. The third-order valence-electron chi connectivity index (χ3n) is 4.29. The van der Waals surface area contributed by atoms with Crippen molar-refractivity contribution in [2.45, 2.75) is 0 Å². The molecule has 2 N–H and O–H groups in total. The van der Waals surface area contributed by atoms with Gasteiger partial charge in [-0.25, -0.2) is 4.98 Å². The Hall–Kier alpha value is -3.60. The SMILES string of the molecule is COc1ccc(C(=O)c2cc(O)cc(-c3cccc4[nH]ccc34)c2)cn1. The molecule has 26 heavy (non-hydrogen) atoms. The first-order chi connectivity index (χ1) is 12.7. The number of benzene rings is 2. The number of hydrogen-bond acceptors (Lipinski definition) is 4. The minimum Gasteiger partial charge on any atom is -0.508 e. The maximum absolute atomic E-state index is 12.8. The normalized spacial score (nSPS) is 10.8. The second kappa shape index (κ2) is 6.37. The molecule has 0 spiro atoms. The van der Waals surface area contributed by atoms with E-state index >= 15 is 0 Å². The molecule has 4 aromatic rings. The Labute approximate surface area is 149 Å². The third kappa shape index (κ3) is 2.80. The molecule has 0 aliphatic heterocycles. The van der Waals surface area contributed by atoms with Crippen molar-refractivity contribution < 1.29 is 14.6 Å². The number of pyridine rings is 1. The molecule has 0 aliphatic rings. The second-order valence-electron chi connectivity index (χ2n) is 5.93. The number of aromatic amines is 1. The number of rotatable bonds is 4. The average Bonchev–Trinajstić information content (AvgIpc) is 3.16. The minimum absolute atomic E-state index is 0.0415. The third-order valence-corrected chi connectivity index (χ3v) is 4.29. The predicted molar refractivity (Wildman–Crippen MR) is 99.6 cm³/mol. The number of aromatic nitrogens is 2. The Kier molecular flexibility index (Phi) is 3.89. The summed E-state index contributed by atoms with van der Waals surface area (Å²) in [6.45, 7) is 0. The number of phenolic OH excluding ortho intramolecular Hbond substituents is 1. The van der Waals surface area contributed by atoms with Crippen LogP contribution in [-0.2, 0) is 0 Å². The van der Waals surface area contributed by atoms with Gasteiger partial charge >= 0.3 is 0 Å². The second-order valence-corrected chi connectivity index (χ2v) is 5.93. The lowest BCUT2D eigenvalue weighted by molar-refractivity contribution is 0.103.